The molecular weight excluding hydrogens is 318 g/mol. The Morgan fingerprint density at radius 2 is 1.96 bits per heavy atom. The Labute approximate surface area is 149 Å². The van der Waals surface area contributed by atoms with Crippen molar-refractivity contribution in [2.45, 2.75) is 23.1 Å². The molecule has 1 aromatic rings. The fraction of sp³-hybridized carbons (Fsp3) is 0.611. The predicted molar refractivity (Wildman–Crippen MR) is 103 cm³/mol. The molecule has 5 nitrogen and oxygen atoms in total. The van der Waals surface area contributed by atoms with Crippen LogP contribution in [0, 0.1) is 0 Å². The van der Waals surface area contributed by atoms with Gasteiger partial charge < -0.3 is 10.6 Å². The Balaban J connectivity index is 1.39. The number of aliphatic imine (C=N–C) groups is 1. The Bertz CT molecular complexity index is 527. The van der Waals surface area contributed by atoms with Gasteiger partial charge in [-0.1, -0.05) is 25.1 Å². The van der Waals surface area contributed by atoms with Crippen LogP contribution in [0.5, 0.6) is 0 Å². The quantitative estimate of drug-likeness (QED) is 0.462. The van der Waals surface area contributed by atoms with Crippen LogP contribution in [-0.2, 0) is 0 Å². The van der Waals surface area contributed by atoms with Gasteiger partial charge in [-0.05, 0) is 12.1 Å². The standard InChI is InChI=1S/C18H29N5S/c1-15(24-17-6-4-3-5-7-17)12-20-18(19-2)21-13-16-14-22-8-10-23(16)11-9-22/h3-7,15-16H,8-14H2,1-2H3,(H2,19,20,21). The van der Waals surface area contributed by atoms with Crippen LogP contribution in [0.4, 0.5) is 0 Å². The van der Waals surface area contributed by atoms with E-state index in [9.17, 15) is 0 Å². The van der Waals surface area contributed by atoms with Crippen molar-refractivity contribution in [3.63, 3.8) is 0 Å². The van der Waals surface area contributed by atoms with Crippen molar-refractivity contribution in [2.75, 3.05) is 52.9 Å². The molecule has 0 saturated carbocycles. The van der Waals surface area contributed by atoms with Crippen molar-refractivity contribution in [3.8, 4) is 0 Å². The minimum absolute atomic E-state index is 0.492. The topological polar surface area (TPSA) is 42.9 Å². The molecule has 3 heterocycles. The van der Waals surface area contributed by atoms with Gasteiger partial charge in [-0.3, -0.25) is 14.8 Å². The fourth-order valence-electron chi connectivity index (χ4n) is 3.37. The Morgan fingerprint density at radius 3 is 2.58 bits per heavy atom. The number of nitrogens with zero attached hydrogens (tertiary/aromatic N) is 3. The van der Waals surface area contributed by atoms with E-state index < -0.39 is 0 Å². The molecule has 0 aliphatic carbocycles. The molecule has 2 unspecified atom stereocenters. The van der Waals surface area contributed by atoms with Gasteiger partial charge in [0.25, 0.3) is 0 Å². The van der Waals surface area contributed by atoms with E-state index in [-0.39, 0.29) is 0 Å². The molecule has 0 spiro atoms. The molecule has 132 valence electrons. The first-order valence-corrected chi connectivity index (χ1v) is 9.75. The second-order valence-corrected chi connectivity index (χ2v) is 8.08. The van der Waals surface area contributed by atoms with Crippen LogP contribution < -0.4 is 10.6 Å². The van der Waals surface area contributed by atoms with E-state index in [4.69, 9.17) is 0 Å². The van der Waals surface area contributed by atoms with E-state index in [0.29, 0.717) is 11.3 Å². The summed E-state index contributed by atoms with van der Waals surface area (Å²) in [7, 11) is 1.85. The maximum atomic E-state index is 4.37. The Morgan fingerprint density at radius 1 is 1.21 bits per heavy atom. The maximum absolute atomic E-state index is 4.37. The lowest BCUT2D eigenvalue weighted by Gasteiger charge is -2.47. The van der Waals surface area contributed by atoms with Crippen molar-refractivity contribution >= 4 is 17.7 Å². The fourth-order valence-corrected chi connectivity index (χ4v) is 4.31. The van der Waals surface area contributed by atoms with Gasteiger partial charge in [0.1, 0.15) is 0 Å². The van der Waals surface area contributed by atoms with E-state index in [1.54, 1.807) is 0 Å². The number of rotatable bonds is 6. The highest BCUT2D eigenvalue weighted by atomic mass is 32.2. The molecule has 3 fully saturated rings. The number of hydrogen-bond donors (Lipinski definition) is 2. The monoisotopic (exact) mass is 347 g/mol. The van der Waals surface area contributed by atoms with E-state index in [2.05, 4.69) is 62.7 Å². The van der Waals surface area contributed by atoms with Crippen LogP contribution in [0.15, 0.2) is 40.2 Å². The molecule has 0 radical (unpaired) electrons. The lowest BCUT2D eigenvalue weighted by Crippen LogP contribution is -2.63. The second kappa shape index (κ2) is 8.74. The Hall–Kier alpha value is -1.24. The second-order valence-electron chi connectivity index (χ2n) is 6.57. The number of nitrogens with one attached hydrogen (secondary N) is 2. The van der Waals surface area contributed by atoms with Gasteiger partial charge in [0.05, 0.1) is 0 Å². The normalized spacial score (nSPS) is 27.8. The van der Waals surface area contributed by atoms with Crippen LogP contribution in [0.3, 0.4) is 0 Å². The van der Waals surface area contributed by atoms with Crippen molar-refractivity contribution in [1.82, 2.24) is 20.4 Å². The third-order valence-corrected chi connectivity index (χ3v) is 5.87. The van der Waals surface area contributed by atoms with Gasteiger partial charge in [-0.25, -0.2) is 0 Å². The first kappa shape index (κ1) is 17.6. The molecule has 0 aromatic heterocycles. The number of piperazine rings is 3. The number of thioether (sulfide) groups is 1. The molecule has 2 N–H and O–H groups in total. The van der Waals surface area contributed by atoms with Gasteiger partial charge in [-0.2, -0.15) is 0 Å². The Kier molecular flexibility index (Phi) is 6.40. The minimum atomic E-state index is 0.492. The predicted octanol–water partition coefficient (Wildman–Crippen LogP) is 1.33. The highest BCUT2D eigenvalue weighted by Crippen LogP contribution is 2.21. The summed E-state index contributed by atoms with van der Waals surface area (Å²) in [6.07, 6.45) is 0. The summed E-state index contributed by atoms with van der Waals surface area (Å²) in [6, 6.07) is 11.2. The van der Waals surface area contributed by atoms with E-state index >= 15 is 0 Å². The molecule has 6 heteroatoms. The SMILES string of the molecule is CN=C(NCC(C)Sc1ccccc1)NCC1CN2CCN1CC2. The average Bonchev–Trinajstić information content (AvgIpc) is 2.64. The van der Waals surface area contributed by atoms with Crippen molar-refractivity contribution < 1.29 is 0 Å². The molecule has 4 rings (SSSR count). The molecule has 3 saturated heterocycles. The summed E-state index contributed by atoms with van der Waals surface area (Å²) in [5.41, 5.74) is 0. The third kappa shape index (κ3) is 4.88. The van der Waals surface area contributed by atoms with Gasteiger partial charge in [0, 0.05) is 69.0 Å². The summed E-state index contributed by atoms with van der Waals surface area (Å²) in [6.45, 7) is 10.2. The van der Waals surface area contributed by atoms with Gasteiger partial charge >= 0.3 is 0 Å². The average molecular weight is 348 g/mol. The summed E-state index contributed by atoms with van der Waals surface area (Å²) in [5, 5.41) is 7.46. The molecule has 2 atom stereocenters. The minimum Gasteiger partial charge on any atom is -0.355 e. The highest BCUT2D eigenvalue weighted by molar-refractivity contribution is 8.00. The van der Waals surface area contributed by atoms with Crippen LogP contribution in [0.25, 0.3) is 0 Å². The molecule has 24 heavy (non-hydrogen) atoms. The molecule has 3 aliphatic heterocycles. The zero-order chi connectivity index (χ0) is 16.8. The first-order valence-electron chi connectivity index (χ1n) is 8.87. The zero-order valence-corrected chi connectivity index (χ0v) is 15.6. The van der Waals surface area contributed by atoms with Crippen molar-refractivity contribution in [1.29, 1.82) is 0 Å². The highest BCUT2D eigenvalue weighted by Gasteiger charge is 2.31. The number of benzene rings is 1. The number of fused-ring (bicyclic) bond motifs is 3. The van der Waals surface area contributed by atoms with Crippen LogP contribution in [0.2, 0.25) is 0 Å². The van der Waals surface area contributed by atoms with Gasteiger partial charge in [-0.15, -0.1) is 11.8 Å². The molecular formula is C18H29N5S. The summed E-state index contributed by atoms with van der Waals surface area (Å²) in [5.74, 6) is 0.910. The number of guanidine groups is 1. The molecule has 3 aliphatic rings. The van der Waals surface area contributed by atoms with E-state index in [1.807, 2.05) is 18.8 Å². The largest absolute Gasteiger partial charge is 0.355 e. The lowest BCUT2D eigenvalue weighted by atomic mass is 10.1. The van der Waals surface area contributed by atoms with Gasteiger partial charge in [0.15, 0.2) is 5.96 Å². The van der Waals surface area contributed by atoms with Crippen molar-refractivity contribution in [2.24, 2.45) is 4.99 Å². The first-order chi connectivity index (χ1) is 11.7. The molecule has 2 bridgehead atoms. The number of hydrogen-bond acceptors (Lipinski definition) is 4. The van der Waals surface area contributed by atoms with Crippen LogP contribution in [0.1, 0.15) is 6.92 Å². The van der Waals surface area contributed by atoms with Crippen LogP contribution in [-0.4, -0.2) is 79.9 Å². The van der Waals surface area contributed by atoms with E-state index in [1.165, 1.54) is 37.6 Å². The lowest BCUT2D eigenvalue weighted by molar-refractivity contribution is 0.0154. The molecule has 0 amide bonds. The summed E-state index contributed by atoms with van der Waals surface area (Å²) >= 11 is 1.89. The smallest absolute Gasteiger partial charge is 0.191 e. The van der Waals surface area contributed by atoms with Gasteiger partial charge in [0.2, 0.25) is 0 Å². The summed E-state index contributed by atoms with van der Waals surface area (Å²) < 4.78 is 0. The molecule has 1 aromatic carbocycles. The zero-order valence-electron chi connectivity index (χ0n) is 14.7. The maximum Gasteiger partial charge on any atom is 0.191 e. The van der Waals surface area contributed by atoms with Crippen molar-refractivity contribution in [3.05, 3.63) is 30.3 Å². The summed E-state index contributed by atoms with van der Waals surface area (Å²) in [4.78, 5) is 10.9. The third-order valence-electron chi connectivity index (χ3n) is 4.76. The van der Waals surface area contributed by atoms with E-state index in [0.717, 1.165) is 19.0 Å². The van der Waals surface area contributed by atoms with Crippen LogP contribution >= 0.6 is 11.8 Å².